The van der Waals surface area contributed by atoms with E-state index in [0.717, 1.165) is 15.9 Å². The van der Waals surface area contributed by atoms with Crippen LogP contribution in [-0.4, -0.2) is 76.3 Å². The summed E-state index contributed by atoms with van der Waals surface area (Å²) in [5.74, 6) is -4.30. The molecule has 4 N–H and O–H groups in total. The number of likely N-dealkylation sites (tertiary alicyclic amines) is 1. The summed E-state index contributed by atoms with van der Waals surface area (Å²) in [5, 5.41) is 2.68. The van der Waals surface area contributed by atoms with Gasteiger partial charge in [0.2, 0.25) is 17.7 Å². The normalized spacial score (nSPS) is 22.8. The van der Waals surface area contributed by atoms with Gasteiger partial charge in [0.25, 0.3) is 5.91 Å². The minimum atomic E-state index is -1.89. The maximum Gasteiger partial charge on any atom is 0.270 e. The second-order valence-electron chi connectivity index (χ2n) is 10.3. The number of carbonyl (C=O) groups excluding carboxylic acids is 4. The molecule has 2 aromatic rings. The van der Waals surface area contributed by atoms with Gasteiger partial charge in [0.1, 0.15) is 35.1 Å². The van der Waals surface area contributed by atoms with Crippen LogP contribution in [0.15, 0.2) is 18.2 Å². The van der Waals surface area contributed by atoms with E-state index in [-0.39, 0.29) is 35.5 Å². The van der Waals surface area contributed by atoms with Crippen molar-refractivity contribution in [2.24, 2.45) is 11.1 Å². The van der Waals surface area contributed by atoms with Crippen LogP contribution in [-0.2, 0) is 14.4 Å². The average Bonchev–Trinajstić information content (AvgIpc) is 3.48. The van der Waals surface area contributed by atoms with Crippen molar-refractivity contribution in [2.75, 3.05) is 20.1 Å². The Kier molecular flexibility index (Phi) is 6.26. The molecule has 36 heavy (non-hydrogen) atoms. The van der Waals surface area contributed by atoms with E-state index in [4.69, 9.17) is 5.73 Å². The maximum absolute atomic E-state index is 14.8. The summed E-state index contributed by atoms with van der Waals surface area (Å²) >= 11 is 0. The number of likely N-dealkylation sites (N-methyl/N-ethyl adjacent to an activating group) is 1. The number of primary amides is 1. The SMILES string of the molecule is CN(C(=O)c1cc2c(F)cc(F)cc2[nH]1)[C@@H](CC(C)(C)F)C(=O)N1C[C@]2(CCNC2=O)C[C@H]1C(N)=O. The number of halogens is 3. The monoisotopic (exact) mass is 507 g/mol. The van der Waals surface area contributed by atoms with Gasteiger partial charge in [-0.05, 0) is 38.8 Å². The van der Waals surface area contributed by atoms with E-state index in [2.05, 4.69) is 10.3 Å². The van der Waals surface area contributed by atoms with Gasteiger partial charge in [-0.2, -0.15) is 0 Å². The molecule has 9 nitrogen and oxygen atoms in total. The van der Waals surface area contributed by atoms with Crippen molar-refractivity contribution in [1.82, 2.24) is 20.1 Å². The fourth-order valence-corrected chi connectivity index (χ4v) is 5.18. The van der Waals surface area contributed by atoms with Crippen LogP contribution in [0.1, 0.15) is 43.6 Å². The molecule has 0 aliphatic carbocycles. The molecule has 2 aliphatic heterocycles. The lowest BCUT2D eigenvalue weighted by molar-refractivity contribution is -0.142. The molecule has 0 bridgehead atoms. The molecule has 4 rings (SSSR count). The van der Waals surface area contributed by atoms with Crippen LogP contribution in [0, 0.1) is 17.0 Å². The first-order valence-corrected chi connectivity index (χ1v) is 11.5. The van der Waals surface area contributed by atoms with Crippen molar-refractivity contribution in [3.05, 3.63) is 35.5 Å². The van der Waals surface area contributed by atoms with Gasteiger partial charge in [-0.25, -0.2) is 13.2 Å². The Morgan fingerprint density at radius 3 is 2.56 bits per heavy atom. The summed E-state index contributed by atoms with van der Waals surface area (Å²) in [6, 6.07) is 0.423. The molecule has 194 valence electrons. The summed E-state index contributed by atoms with van der Waals surface area (Å²) in [6.07, 6.45) is 0.0270. The van der Waals surface area contributed by atoms with E-state index in [1.165, 1.54) is 27.0 Å². The highest BCUT2D eigenvalue weighted by molar-refractivity contribution is 6.01. The zero-order valence-electron chi connectivity index (χ0n) is 20.2. The van der Waals surface area contributed by atoms with Crippen molar-refractivity contribution < 1.29 is 32.3 Å². The third-order valence-electron chi connectivity index (χ3n) is 7.05. The summed E-state index contributed by atoms with van der Waals surface area (Å²) < 4.78 is 42.6. The molecule has 3 atom stereocenters. The van der Waals surface area contributed by atoms with Crippen LogP contribution in [0.3, 0.4) is 0 Å². The number of amides is 4. The number of rotatable bonds is 6. The number of nitrogens with two attached hydrogens (primary N) is 1. The van der Waals surface area contributed by atoms with E-state index in [1.54, 1.807) is 0 Å². The molecule has 2 aliphatic rings. The van der Waals surface area contributed by atoms with Gasteiger partial charge in [0.15, 0.2) is 0 Å². The van der Waals surface area contributed by atoms with Gasteiger partial charge in [-0.15, -0.1) is 0 Å². The molecule has 12 heteroatoms. The summed E-state index contributed by atoms with van der Waals surface area (Å²) in [5.41, 5.74) is 2.59. The number of hydrogen-bond acceptors (Lipinski definition) is 4. The van der Waals surface area contributed by atoms with Gasteiger partial charge < -0.3 is 25.8 Å². The van der Waals surface area contributed by atoms with Crippen molar-refractivity contribution in [2.45, 2.75) is 50.9 Å². The lowest BCUT2D eigenvalue weighted by atomic mass is 9.84. The fraction of sp³-hybridized carbons (Fsp3) is 0.500. The molecule has 2 saturated heterocycles. The molecular formula is C24H28F3N5O4. The Bertz CT molecular complexity index is 1260. The number of nitrogens with zero attached hydrogens (tertiary/aromatic N) is 2. The van der Waals surface area contributed by atoms with Gasteiger partial charge in [0, 0.05) is 38.0 Å². The quantitative estimate of drug-likeness (QED) is 0.549. The predicted molar refractivity (Wildman–Crippen MR) is 123 cm³/mol. The number of carbonyl (C=O) groups is 4. The molecule has 2 fully saturated rings. The van der Waals surface area contributed by atoms with Gasteiger partial charge >= 0.3 is 0 Å². The van der Waals surface area contributed by atoms with Gasteiger partial charge in [-0.1, -0.05) is 0 Å². The molecule has 0 unspecified atom stereocenters. The number of alkyl halides is 1. The lowest BCUT2D eigenvalue weighted by Crippen LogP contribution is -2.55. The lowest BCUT2D eigenvalue weighted by Gasteiger charge is -2.35. The number of aromatic nitrogens is 1. The number of hydrogen-bond donors (Lipinski definition) is 3. The maximum atomic E-state index is 14.8. The van der Waals surface area contributed by atoms with E-state index < -0.39 is 58.9 Å². The van der Waals surface area contributed by atoms with E-state index in [1.807, 2.05) is 0 Å². The Morgan fingerprint density at radius 2 is 1.97 bits per heavy atom. The Morgan fingerprint density at radius 1 is 1.28 bits per heavy atom. The molecule has 1 spiro atoms. The summed E-state index contributed by atoms with van der Waals surface area (Å²) in [7, 11) is 1.28. The third-order valence-corrected chi connectivity index (χ3v) is 7.05. The minimum absolute atomic E-state index is 0.0237. The Hall–Kier alpha value is -3.57. The first-order valence-electron chi connectivity index (χ1n) is 11.5. The first kappa shape index (κ1) is 25.5. The van der Waals surface area contributed by atoms with Crippen LogP contribution in [0.25, 0.3) is 10.9 Å². The van der Waals surface area contributed by atoms with E-state index in [0.29, 0.717) is 19.0 Å². The molecule has 0 saturated carbocycles. The van der Waals surface area contributed by atoms with Crippen LogP contribution >= 0.6 is 0 Å². The van der Waals surface area contributed by atoms with Crippen molar-refractivity contribution >= 4 is 34.5 Å². The van der Waals surface area contributed by atoms with Crippen LogP contribution in [0.2, 0.25) is 0 Å². The molecule has 4 amide bonds. The number of H-pyrrole nitrogens is 1. The zero-order chi connectivity index (χ0) is 26.6. The third kappa shape index (κ3) is 4.51. The van der Waals surface area contributed by atoms with Crippen LogP contribution in [0.5, 0.6) is 0 Å². The van der Waals surface area contributed by atoms with Gasteiger partial charge in [-0.3, -0.25) is 19.2 Å². The number of nitrogens with one attached hydrogen (secondary N) is 2. The molecule has 0 radical (unpaired) electrons. The number of aromatic amines is 1. The minimum Gasteiger partial charge on any atom is -0.368 e. The molecule has 3 heterocycles. The molecule has 1 aromatic heterocycles. The van der Waals surface area contributed by atoms with Crippen molar-refractivity contribution in [1.29, 1.82) is 0 Å². The predicted octanol–water partition coefficient (Wildman–Crippen LogP) is 1.62. The highest BCUT2D eigenvalue weighted by Crippen LogP contribution is 2.41. The largest absolute Gasteiger partial charge is 0.368 e. The Balaban J connectivity index is 1.67. The zero-order valence-corrected chi connectivity index (χ0v) is 20.2. The standard InChI is InChI=1S/C24H28F3N5O4/c1-23(2,27)9-18(21(35)32-11-24(4-5-29-22(24)36)10-17(32)19(28)33)31(3)20(34)16-8-13-14(26)6-12(25)7-15(13)30-16/h6-8,17-18,30H,4-5,9-11H2,1-3H3,(H2,28,33)(H,29,36)/t17-,18-,24-/m0/s1. The summed E-state index contributed by atoms with van der Waals surface area (Å²) in [6.45, 7) is 2.79. The average molecular weight is 508 g/mol. The van der Waals surface area contributed by atoms with E-state index in [9.17, 15) is 32.3 Å². The first-order chi connectivity index (χ1) is 16.7. The van der Waals surface area contributed by atoms with Crippen molar-refractivity contribution in [3.63, 3.8) is 0 Å². The fourth-order valence-electron chi connectivity index (χ4n) is 5.18. The second kappa shape index (κ2) is 8.82. The highest BCUT2D eigenvalue weighted by Gasteiger charge is 2.55. The number of benzene rings is 1. The van der Waals surface area contributed by atoms with E-state index >= 15 is 0 Å². The highest BCUT2D eigenvalue weighted by atomic mass is 19.1. The summed E-state index contributed by atoms with van der Waals surface area (Å²) in [4.78, 5) is 56.6. The van der Waals surface area contributed by atoms with Crippen LogP contribution < -0.4 is 11.1 Å². The second-order valence-corrected chi connectivity index (χ2v) is 10.3. The Labute approximate surface area is 205 Å². The van der Waals surface area contributed by atoms with Crippen LogP contribution in [0.4, 0.5) is 13.2 Å². The molecular weight excluding hydrogens is 479 g/mol. The molecule has 1 aromatic carbocycles. The number of fused-ring (bicyclic) bond motifs is 1. The smallest absolute Gasteiger partial charge is 0.270 e. The topological polar surface area (TPSA) is 129 Å². The van der Waals surface area contributed by atoms with Gasteiger partial charge in [0.05, 0.1) is 10.9 Å². The van der Waals surface area contributed by atoms with Crippen molar-refractivity contribution in [3.8, 4) is 0 Å².